The van der Waals surface area contributed by atoms with Gasteiger partial charge in [-0.2, -0.15) is 9.78 Å². The van der Waals surface area contributed by atoms with Gasteiger partial charge in [-0.3, -0.25) is 25.0 Å². The number of nitro benzene ring substituents is 2. The van der Waals surface area contributed by atoms with Crippen molar-refractivity contribution in [2.24, 2.45) is 5.10 Å². The van der Waals surface area contributed by atoms with Crippen LogP contribution in [0.1, 0.15) is 34.1 Å². The van der Waals surface area contributed by atoms with Gasteiger partial charge in [-0.25, -0.2) is 5.43 Å². The number of non-ortho nitro benzene ring substituents is 1. The van der Waals surface area contributed by atoms with Gasteiger partial charge in [-0.05, 0) is 66.3 Å². The topological polar surface area (TPSA) is 207 Å². The zero-order chi connectivity index (χ0) is 31.1. The molecule has 1 aromatic heterocycles. The first kappa shape index (κ1) is 29.8. The van der Waals surface area contributed by atoms with Crippen LogP contribution in [0.2, 0.25) is 0 Å². The molecule has 0 saturated carbocycles. The first-order chi connectivity index (χ1) is 20.5. The second-order valence-electron chi connectivity index (χ2n) is 8.86. The number of hydrogen-bond acceptors (Lipinski definition) is 11. The van der Waals surface area contributed by atoms with Gasteiger partial charge in [0.05, 0.1) is 52.1 Å². The average molecular weight is 590 g/mol. The number of carbonyl (C=O) groups is 1. The molecule has 0 aliphatic rings. The van der Waals surface area contributed by atoms with E-state index in [1.807, 2.05) is 0 Å². The number of carbonyl (C=O) groups excluding carboxylic acids is 1. The predicted octanol–water partition coefficient (Wildman–Crippen LogP) is 4.92. The lowest BCUT2D eigenvalue weighted by Crippen LogP contribution is -2.17. The predicted molar refractivity (Wildman–Crippen MR) is 152 cm³/mol. The van der Waals surface area contributed by atoms with Crippen molar-refractivity contribution in [2.45, 2.75) is 20.4 Å². The van der Waals surface area contributed by atoms with Crippen LogP contribution in [0.3, 0.4) is 0 Å². The first-order valence-corrected chi connectivity index (χ1v) is 12.5. The maximum atomic E-state index is 12.6. The number of rotatable bonds is 12. The average Bonchev–Trinajstić information content (AvgIpc) is 3.34. The van der Waals surface area contributed by atoms with Crippen LogP contribution in [0, 0.1) is 37.3 Å². The number of aryl methyl sites for hydroxylation is 1. The minimum Gasteiger partial charge on any atom is -0.490 e. The molecule has 0 bridgehead atoms. The third-order valence-electron chi connectivity index (χ3n) is 5.92. The second-order valence-corrected chi connectivity index (χ2v) is 8.86. The molecule has 0 aliphatic heterocycles. The SMILES string of the molecule is CCOc1cc(C=NNC(=O)c2ccc(Cn3nc([N+](=O)[O-])cc3C)cc2)ccc1Oc1ccc([N+](=O)[O-])cc1[N+](=O)[O-]. The van der Waals surface area contributed by atoms with E-state index in [9.17, 15) is 35.1 Å². The van der Waals surface area contributed by atoms with E-state index in [1.165, 1.54) is 23.0 Å². The van der Waals surface area contributed by atoms with Crippen LogP contribution in [-0.4, -0.2) is 43.3 Å². The van der Waals surface area contributed by atoms with E-state index in [2.05, 4.69) is 15.6 Å². The maximum absolute atomic E-state index is 12.6. The number of nitro groups is 3. The van der Waals surface area contributed by atoms with Crippen LogP contribution in [0.5, 0.6) is 17.2 Å². The smallest absolute Gasteiger partial charge is 0.390 e. The quantitative estimate of drug-likeness (QED) is 0.134. The molecule has 1 N–H and O–H groups in total. The highest BCUT2D eigenvalue weighted by atomic mass is 16.6. The molecule has 0 atom stereocenters. The summed E-state index contributed by atoms with van der Waals surface area (Å²) in [7, 11) is 0. The van der Waals surface area contributed by atoms with Gasteiger partial charge in [0.15, 0.2) is 11.5 Å². The lowest BCUT2D eigenvalue weighted by atomic mass is 10.1. The van der Waals surface area contributed by atoms with E-state index in [1.54, 1.807) is 50.2 Å². The lowest BCUT2D eigenvalue weighted by molar-refractivity contribution is -0.394. The summed E-state index contributed by atoms with van der Waals surface area (Å²) in [5, 5.41) is 41.3. The standard InChI is InChI=1S/C27H23N7O9/c1-3-42-25-13-19(6-10-24(25)43-23-11-9-21(32(36)37)14-22(23)33(38)39)15-28-29-27(35)20-7-4-18(5-8-20)16-31-17(2)12-26(30-31)34(40)41/h4-15H,3,16H2,1-2H3,(H,29,35). The largest absolute Gasteiger partial charge is 0.490 e. The summed E-state index contributed by atoms with van der Waals surface area (Å²) in [6.07, 6.45) is 1.36. The van der Waals surface area contributed by atoms with Crippen LogP contribution in [0.4, 0.5) is 17.2 Å². The zero-order valence-electron chi connectivity index (χ0n) is 22.7. The van der Waals surface area contributed by atoms with Crippen molar-refractivity contribution >= 4 is 29.3 Å². The number of nitrogens with one attached hydrogen (secondary N) is 1. The van der Waals surface area contributed by atoms with Crippen molar-refractivity contribution in [1.82, 2.24) is 15.2 Å². The van der Waals surface area contributed by atoms with Gasteiger partial charge >= 0.3 is 11.5 Å². The normalized spacial score (nSPS) is 10.8. The van der Waals surface area contributed by atoms with E-state index in [0.29, 0.717) is 23.4 Å². The van der Waals surface area contributed by atoms with Crippen LogP contribution in [0.25, 0.3) is 0 Å². The highest BCUT2D eigenvalue weighted by Crippen LogP contribution is 2.38. The number of aromatic nitrogens is 2. The van der Waals surface area contributed by atoms with Crippen molar-refractivity contribution < 1.29 is 29.0 Å². The van der Waals surface area contributed by atoms with Crippen LogP contribution >= 0.6 is 0 Å². The molecule has 43 heavy (non-hydrogen) atoms. The molecule has 16 heteroatoms. The molecule has 3 aromatic carbocycles. The van der Waals surface area contributed by atoms with Gasteiger partial charge in [-0.15, -0.1) is 0 Å². The van der Waals surface area contributed by atoms with Gasteiger partial charge in [-0.1, -0.05) is 12.1 Å². The molecule has 0 saturated heterocycles. The number of hydrazone groups is 1. The van der Waals surface area contributed by atoms with Crippen LogP contribution < -0.4 is 14.9 Å². The van der Waals surface area contributed by atoms with Crippen LogP contribution in [0.15, 0.2) is 71.8 Å². The van der Waals surface area contributed by atoms with Gasteiger partial charge < -0.3 is 19.6 Å². The number of hydrogen-bond donors (Lipinski definition) is 1. The van der Waals surface area contributed by atoms with Crippen molar-refractivity contribution in [3.63, 3.8) is 0 Å². The molecule has 220 valence electrons. The Bertz CT molecular complexity index is 1730. The van der Waals surface area contributed by atoms with Crippen molar-refractivity contribution in [2.75, 3.05) is 6.61 Å². The molecule has 16 nitrogen and oxygen atoms in total. The maximum Gasteiger partial charge on any atom is 0.390 e. The molecule has 4 rings (SSSR count). The number of benzene rings is 3. The molecule has 0 fully saturated rings. The Morgan fingerprint density at radius 3 is 2.28 bits per heavy atom. The molecular weight excluding hydrogens is 566 g/mol. The number of nitrogens with zero attached hydrogens (tertiary/aromatic N) is 6. The Kier molecular flexibility index (Phi) is 8.99. The Labute approximate surface area is 242 Å². The summed E-state index contributed by atoms with van der Waals surface area (Å²) in [5.41, 5.74) is 3.63. The van der Waals surface area contributed by atoms with Gasteiger partial charge in [0.1, 0.15) is 0 Å². The molecule has 0 aliphatic carbocycles. The van der Waals surface area contributed by atoms with Gasteiger partial charge in [0, 0.05) is 11.6 Å². The van der Waals surface area contributed by atoms with E-state index in [4.69, 9.17) is 9.47 Å². The molecule has 1 heterocycles. The summed E-state index contributed by atoms with van der Waals surface area (Å²) in [6.45, 7) is 3.97. The third kappa shape index (κ3) is 7.31. The Morgan fingerprint density at radius 2 is 1.65 bits per heavy atom. The fourth-order valence-electron chi connectivity index (χ4n) is 3.83. The number of amides is 1. The first-order valence-electron chi connectivity index (χ1n) is 12.5. The van der Waals surface area contributed by atoms with Crippen molar-refractivity contribution in [1.29, 1.82) is 0 Å². The van der Waals surface area contributed by atoms with Gasteiger partial charge in [0.25, 0.3) is 11.6 Å². The lowest BCUT2D eigenvalue weighted by Gasteiger charge is -2.12. The van der Waals surface area contributed by atoms with Crippen LogP contribution in [-0.2, 0) is 6.54 Å². The van der Waals surface area contributed by atoms with Crippen molar-refractivity contribution in [3.8, 4) is 17.2 Å². The van der Waals surface area contributed by atoms with E-state index < -0.39 is 32.1 Å². The summed E-state index contributed by atoms with van der Waals surface area (Å²) in [6, 6.07) is 15.6. The van der Waals surface area contributed by atoms with Crippen molar-refractivity contribution in [3.05, 3.63) is 119 Å². The monoisotopic (exact) mass is 589 g/mol. The fraction of sp³-hybridized carbons (Fsp3) is 0.148. The zero-order valence-corrected chi connectivity index (χ0v) is 22.7. The molecule has 0 radical (unpaired) electrons. The highest BCUT2D eigenvalue weighted by molar-refractivity contribution is 5.95. The summed E-state index contributed by atoms with van der Waals surface area (Å²) in [4.78, 5) is 43.8. The third-order valence-corrected chi connectivity index (χ3v) is 5.92. The fourth-order valence-corrected chi connectivity index (χ4v) is 3.83. The molecule has 1 amide bonds. The molecular formula is C27H23N7O9. The minimum absolute atomic E-state index is 0.125. The summed E-state index contributed by atoms with van der Waals surface area (Å²) >= 11 is 0. The second kappa shape index (κ2) is 13.0. The van der Waals surface area contributed by atoms with E-state index in [0.717, 1.165) is 23.8 Å². The number of ether oxygens (including phenoxy) is 2. The minimum atomic E-state index is -0.783. The Morgan fingerprint density at radius 1 is 0.930 bits per heavy atom. The molecule has 4 aromatic rings. The molecule has 0 unspecified atom stereocenters. The van der Waals surface area contributed by atoms with E-state index >= 15 is 0 Å². The highest BCUT2D eigenvalue weighted by Gasteiger charge is 2.22. The summed E-state index contributed by atoms with van der Waals surface area (Å²) in [5.74, 6) is -0.587. The molecule has 0 spiro atoms. The Hall–Kier alpha value is -6.19. The van der Waals surface area contributed by atoms with Gasteiger partial charge in [0.2, 0.25) is 5.75 Å². The summed E-state index contributed by atoms with van der Waals surface area (Å²) < 4.78 is 12.8. The van der Waals surface area contributed by atoms with E-state index in [-0.39, 0.29) is 29.7 Å². The Balaban J connectivity index is 1.42.